The van der Waals surface area contributed by atoms with Gasteiger partial charge in [0.25, 0.3) is 0 Å². The van der Waals surface area contributed by atoms with Crippen LogP contribution < -0.4 is 5.32 Å². The molecule has 0 rings (SSSR count). The smallest absolute Gasteiger partial charge is 0.0744 e. The molecule has 0 aromatic carbocycles. The molecule has 0 radical (unpaired) electrons. The van der Waals surface area contributed by atoms with Crippen molar-refractivity contribution >= 4 is 0 Å². The van der Waals surface area contributed by atoms with Crippen LogP contribution in [0.5, 0.6) is 0 Å². The Morgan fingerprint density at radius 1 is 1.29 bits per heavy atom. The number of nitrogens with one attached hydrogen (secondary N) is 1. The van der Waals surface area contributed by atoms with E-state index in [1.165, 1.54) is 0 Å². The van der Waals surface area contributed by atoms with Crippen molar-refractivity contribution in [1.82, 2.24) is 5.32 Å². The summed E-state index contributed by atoms with van der Waals surface area (Å²) < 4.78 is 0. The molecular weight excluding hydrogens is 174 g/mol. The number of hydrogen-bond acceptors (Lipinski definition) is 2. The van der Waals surface area contributed by atoms with Gasteiger partial charge in [-0.1, -0.05) is 0 Å². The predicted molar refractivity (Wildman–Crippen MR) is 61.1 cm³/mol. The van der Waals surface area contributed by atoms with Crippen LogP contribution in [0.4, 0.5) is 0 Å². The second kappa shape index (κ2) is 5.38. The van der Waals surface area contributed by atoms with Crippen LogP contribution in [-0.2, 0) is 0 Å². The van der Waals surface area contributed by atoms with E-state index < -0.39 is 5.60 Å². The second-order valence-corrected chi connectivity index (χ2v) is 5.16. The molecule has 2 N–H and O–H groups in total. The fourth-order valence-electron chi connectivity index (χ4n) is 1.12. The molecule has 0 bridgehead atoms. The Morgan fingerprint density at radius 2 is 1.86 bits per heavy atom. The molecule has 1 unspecified atom stereocenters. The van der Waals surface area contributed by atoms with E-state index in [4.69, 9.17) is 6.42 Å². The number of unbranched alkanes of at least 4 members (excludes halogenated alkanes) is 1. The van der Waals surface area contributed by atoms with Gasteiger partial charge in [0.15, 0.2) is 0 Å². The van der Waals surface area contributed by atoms with Gasteiger partial charge in [-0.2, -0.15) is 0 Å². The molecule has 0 aliphatic rings. The van der Waals surface area contributed by atoms with Crippen LogP contribution in [-0.4, -0.2) is 22.8 Å². The van der Waals surface area contributed by atoms with Crippen molar-refractivity contribution in [3.05, 3.63) is 0 Å². The molecule has 0 aromatic rings. The molecule has 0 heterocycles. The lowest BCUT2D eigenvalue weighted by atomic mass is 9.97. The fraction of sp³-hybridized carbons (Fsp3) is 0.833. The zero-order valence-electron chi connectivity index (χ0n) is 9.85. The summed E-state index contributed by atoms with van der Waals surface area (Å²) in [5.74, 6) is 2.58. The highest BCUT2D eigenvalue weighted by atomic mass is 16.3. The molecule has 0 aromatic heterocycles. The van der Waals surface area contributed by atoms with Crippen molar-refractivity contribution in [3.63, 3.8) is 0 Å². The average Bonchev–Trinajstić information content (AvgIpc) is 2.00. The summed E-state index contributed by atoms with van der Waals surface area (Å²) in [6.07, 6.45) is 7.53. The van der Waals surface area contributed by atoms with Gasteiger partial charge in [0.1, 0.15) is 0 Å². The fourth-order valence-corrected chi connectivity index (χ4v) is 1.12. The van der Waals surface area contributed by atoms with Gasteiger partial charge in [0, 0.05) is 18.5 Å². The van der Waals surface area contributed by atoms with Gasteiger partial charge in [-0.25, -0.2) is 0 Å². The van der Waals surface area contributed by atoms with Gasteiger partial charge in [-0.05, 0) is 40.5 Å². The number of β-amino-alcohol motifs (C(OH)–C–C–N with tert-alkyl or cyclic N) is 1. The first-order valence-electron chi connectivity index (χ1n) is 5.18. The normalized spacial score (nSPS) is 16.0. The molecule has 0 aliphatic carbocycles. The Morgan fingerprint density at radius 3 is 2.29 bits per heavy atom. The van der Waals surface area contributed by atoms with Gasteiger partial charge in [-0.3, -0.25) is 0 Å². The Hall–Kier alpha value is -0.520. The Kier molecular flexibility index (Phi) is 5.18. The lowest BCUT2D eigenvalue weighted by molar-refractivity contribution is 0.0429. The van der Waals surface area contributed by atoms with E-state index in [-0.39, 0.29) is 5.54 Å². The molecule has 0 saturated heterocycles. The summed E-state index contributed by atoms with van der Waals surface area (Å²) in [7, 11) is 0. The van der Waals surface area contributed by atoms with Crippen molar-refractivity contribution in [2.75, 3.05) is 6.54 Å². The summed E-state index contributed by atoms with van der Waals surface area (Å²) in [5.41, 5.74) is -0.597. The first-order valence-corrected chi connectivity index (χ1v) is 5.18. The first-order chi connectivity index (χ1) is 6.27. The molecular formula is C12H23NO. The molecule has 2 heteroatoms. The Bertz CT molecular complexity index is 195. The van der Waals surface area contributed by atoms with Gasteiger partial charge < -0.3 is 10.4 Å². The average molecular weight is 197 g/mol. The van der Waals surface area contributed by atoms with Crippen molar-refractivity contribution in [3.8, 4) is 12.3 Å². The van der Waals surface area contributed by atoms with Crippen LogP contribution in [0.15, 0.2) is 0 Å². The monoisotopic (exact) mass is 197 g/mol. The second-order valence-electron chi connectivity index (χ2n) is 5.16. The third-order valence-electron chi connectivity index (χ3n) is 2.04. The largest absolute Gasteiger partial charge is 0.389 e. The molecule has 1 atom stereocenters. The third-order valence-corrected chi connectivity index (χ3v) is 2.04. The van der Waals surface area contributed by atoms with Gasteiger partial charge >= 0.3 is 0 Å². The lowest BCUT2D eigenvalue weighted by Crippen LogP contribution is -2.46. The highest BCUT2D eigenvalue weighted by molar-refractivity contribution is 4.86. The van der Waals surface area contributed by atoms with Gasteiger partial charge in [-0.15, -0.1) is 12.3 Å². The van der Waals surface area contributed by atoms with E-state index in [9.17, 15) is 5.11 Å². The van der Waals surface area contributed by atoms with Gasteiger partial charge in [0.05, 0.1) is 5.60 Å². The summed E-state index contributed by atoms with van der Waals surface area (Å²) in [4.78, 5) is 0. The summed E-state index contributed by atoms with van der Waals surface area (Å²) in [6.45, 7) is 8.73. The van der Waals surface area contributed by atoms with Crippen molar-refractivity contribution in [1.29, 1.82) is 0 Å². The molecule has 82 valence electrons. The standard InChI is InChI=1S/C12H23NO/c1-6-7-8-9-12(5,14)10-13-11(2,3)4/h1,13-14H,7-10H2,2-5H3. The molecule has 0 saturated carbocycles. The van der Waals surface area contributed by atoms with Crippen LogP contribution in [0.2, 0.25) is 0 Å². The Labute approximate surface area is 88.1 Å². The lowest BCUT2D eigenvalue weighted by Gasteiger charge is -2.29. The summed E-state index contributed by atoms with van der Waals surface area (Å²) in [6, 6.07) is 0. The highest BCUT2D eigenvalue weighted by Crippen LogP contribution is 2.13. The van der Waals surface area contributed by atoms with E-state index in [1.807, 2.05) is 6.92 Å². The van der Waals surface area contributed by atoms with E-state index in [0.717, 1.165) is 19.3 Å². The van der Waals surface area contributed by atoms with E-state index in [2.05, 4.69) is 32.0 Å². The molecule has 0 amide bonds. The van der Waals surface area contributed by atoms with E-state index in [1.54, 1.807) is 0 Å². The summed E-state index contributed by atoms with van der Waals surface area (Å²) >= 11 is 0. The van der Waals surface area contributed by atoms with Crippen LogP contribution in [0, 0.1) is 12.3 Å². The maximum absolute atomic E-state index is 9.97. The zero-order chi connectivity index (χ0) is 11.2. The van der Waals surface area contributed by atoms with Crippen LogP contribution in [0.25, 0.3) is 0 Å². The van der Waals surface area contributed by atoms with Crippen LogP contribution >= 0.6 is 0 Å². The predicted octanol–water partition coefficient (Wildman–Crippen LogP) is 1.93. The topological polar surface area (TPSA) is 32.3 Å². The molecule has 14 heavy (non-hydrogen) atoms. The molecule has 0 spiro atoms. The number of rotatable bonds is 5. The Balaban J connectivity index is 3.78. The van der Waals surface area contributed by atoms with Crippen molar-refractivity contribution in [2.24, 2.45) is 0 Å². The molecule has 2 nitrogen and oxygen atoms in total. The van der Waals surface area contributed by atoms with Crippen LogP contribution in [0.1, 0.15) is 47.0 Å². The number of aliphatic hydroxyl groups is 1. The zero-order valence-corrected chi connectivity index (χ0v) is 9.85. The number of hydrogen-bond donors (Lipinski definition) is 2. The van der Waals surface area contributed by atoms with Crippen molar-refractivity contribution < 1.29 is 5.11 Å². The maximum atomic E-state index is 9.97. The van der Waals surface area contributed by atoms with Gasteiger partial charge in [0.2, 0.25) is 0 Å². The van der Waals surface area contributed by atoms with E-state index in [0.29, 0.717) is 6.54 Å². The minimum Gasteiger partial charge on any atom is -0.389 e. The molecule has 0 fully saturated rings. The van der Waals surface area contributed by atoms with Crippen LogP contribution in [0.3, 0.4) is 0 Å². The van der Waals surface area contributed by atoms with Crippen molar-refractivity contribution in [2.45, 2.75) is 58.1 Å². The highest BCUT2D eigenvalue weighted by Gasteiger charge is 2.21. The maximum Gasteiger partial charge on any atom is 0.0744 e. The first kappa shape index (κ1) is 13.5. The minimum atomic E-state index is -0.649. The minimum absolute atomic E-state index is 0.0517. The quantitative estimate of drug-likeness (QED) is 0.521. The number of terminal acetylenes is 1. The molecule has 0 aliphatic heterocycles. The summed E-state index contributed by atoms with van der Waals surface area (Å²) in [5, 5.41) is 13.3. The van der Waals surface area contributed by atoms with E-state index >= 15 is 0 Å². The SMILES string of the molecule is C#CCCCC(C)(O)CNC(C)(C)C. The third kappa shape index (κ3) is 8.10.